The molecule has 12 N–H and O–H groups in total. The van der Waals surface area contributed by atoms with E-state index >= 15 is 0 Å². The average Bonchev–Trinajstić information content (AvgIpc) is 0.809. The van der Waals surface area contributed by atoms with Crippen LogP contribution >= 0.6 is 0 Å². The van der Waals surface area contributed by atoms with Gasteiger partial charge in [-0.3, -0.25) is 4.79 Å². The number of rotatable bonds is 53. The molecule has 0 aliphatic carbocycles. The van der Waals surface area contributed by atoms with Crippen LogP contribution in [0.2, 0.25) is 0 Å². The first-order valence-electron chi connectivity index (χ1n) is 36.2. The predicted molar refractivity (Wildman–Crippen MR) is 382 cm³/mol. The van der Waals surface area contributed by atoms with Crippen molar-refractivity contribution in [3.63, 3.8) is 0 Å². The second kappa shape index (κ2) is 57.1. The van der Waals surface area contributed by atoms with E-state index in [0.717, 1.165) is 135 Å². The molecule has 0 aromatic heterocycles. The molecule has 3 aliphatic rings. The minimum atomic E-state index is -1.99. The highest BCUT2D eigenvalue weighted by atomic mass is 16.8. The number of carbonyl (C=O) groups is 1. The summed E-state index contributed by atoms with van der Waals surface area (Å²) in [5.41, 5.74) is 0. The molecule has 3 rings (SSSR count). The zero-order valence-electron chi connectivity index (χ0n) is 58.2. The lowest BCUT2D eigenvalue weighted by atomic mass is 9.96. The molecule has 19 heteroatoms. The van der Waals surface area contributed by atoms with Crippen molar-refractivity contribution in [1.29, 1.82) is 0 Å². The van der Waals surface area contributed by atoms with Crippen LogP contribution in [0.15, 0.2) is 158 Å². The van der Waals surface area contributed by atoms with E-state index in [1.807, 2.05) is 6.08 Å². The maximum Gasteiger partial charge on any atom is 0.220 e. The van der Waals surface area contributed by atoms with Gasteiger partial charge in [-0.25, -0.2) is 0 Å². The second-order valence-electron chi connectivity index (χ2n) is 24.9. The van der Waals surface area contributed by atoms with E-state index in [2.05, 4.69) is 165 Å². The molecule has 0 aromatic carbocycles. The Balaban J connectivity index is 1.35. The highest BCUT2D eigenvalue weighted by molar-refractivity contribution is 5.76. The van der Waals surface area contributed by atoms with E-state index in [-0.39, 0.29) is 18.9 Å². The van der Waals surface area contributed by atoms with Gasteiger partial charge in [0.1, 0.15) is 73.2 Å². The first-order valence-corrected chi connectivity index (χ1v) is 36.2. The summed E-state index contributed by atoms with van der Waals surface area (Å²) in [5.74, 6) is -0.307. The lowest BCUT2D eigenvalue weighted by molar-refractivity contribution is -0.379. The Morgan fingerprint density at radius 1 is 0.381 bits per heavy atom. The molecule has 17 unspecified atom stereocenters. The second-order valence-corrected chi connectivity index (χ2v) is 24.9. The smallest absolute Gasteiger partial charge is 0.220 e. The summed E-state index contributed by atoms with van der Waals surface area (Å²) in [6.45, 7) is 1.51. The standard InChI is InChI=1S/C78H125NO18/c1-3-5-7-9-11-13-15-17-18-19-20-21-22-23-24-25-26-27-28-29-30-31-32-33-34-35-36-37-38-39-40-41-42-44-46-48-50-52-54-56-66(84)79-61(62(83)55-53-51-49-47-45-43-16-14-12-10-8-6-4-2)60-92-76-72(90)69(87)74(64(58-81)94-76)97-78-73(91)70(88)75(65(59-82)95-78)96-77-71(89)68(86)67(85)63(57-80)93-77/h5,7,11-14,17-18,20-21,23-24,26-27,29-30,32-33,35-36,38-39,45,47,53,55,61-65,67-78,80-83,85-91H,3-4,6,8-10,15-16,19,22,25,28,31,34,37,40-44,46,48-52,54,56-60H2,1-2H3,(H,79,84)/b7-5-,13-11-,14-12+,18-17-,21-20-,24-23-,27-26-,30-29-,33-32-,36-35-,39-38-,47-45+,55-53+. The molecule has 0 bridgehead atoms. The number of amides is 1. The van der Waals surface area contributed by atoms with Gasteiger partial charge in [0.15, 0.2) is 18.9 Å². The maximum absolute atomic E-state index is 13.4. The number of hydrogen-bond donors (Lipinski definition) is 12. The Labute approximate surface area is 580 Å². The molecular weight excluding hydrogens is 1240 g/mol. The van der Waals surface area contributed by atoms with Crippen LogP contribution in [0.4, 0.5) is 0 Å². The first-order chi connectivity index (χ1) is 47.3. The van der Waals surface area contributed by atoms with Crippen LogP contribution in [-0.4, -0.2) is 193 Å². The lowest BCUT2D eigenvalue weighted by Gasteiger charge is -2.48. The first kappa shape index (κ1) is 86.6. The van der Waals surface area contributed by atoms with Gasteiger partial charge in [0.25, 0.3) is 0 Å². The van der Waals surface area contributed by atoms with Gasteiger partial charge in [0.2, 0.25) is 5.91 Å². The molecule has 1 amide bonds. The Morgan fingerprint density at radius 3 is 1.15 bits per heavy atom. The minimum Gasteiger partial charge on any atom is -0.394 e. The molecule has 97 heavy (non-hydrogen) atoms. The third kappa shape index (κ3) is 38.1. The van der Waals surface area contributed by atoms with E-state index in [9.17, 15) is 61.0 Å². The van der Waals surface area contributed by atoms with Crippen LogP contribution in [0.3, 0.4) is 0 Å². The van der Waals surface area contributed by atoms with Crippen LogP contribution in [0.5, 0.6) is 0 Å². The van der Waals surface area contributed by atoms with E-state index in [1.54, 1.807) is 6.08 Å². The molecule has 3 aliphatic heterocycles. The van der Waals surface area contributed by atoms with E-state index in [4.69, 9.17) is 28.4 Å². The molecule has 0 radical (unpaired) electrons. The van der Waals surface area contributed by atoms with Crippen molar-refractivity contribution in [2.24, 2.45) is 0 Å². The predicted octanol–water partition coefficient (Wildman–Crippen LogP) is 10.5. The molecule has 0 aromatic rings. The summed E-state index contributed by atoms with van der Waals surface area (Å²) >= 11 is 0. The van der Waals surface area contributed by atoms with Crippen LogP contribution < -0.4 is 5.32 Å². The average molecular weight is 1360 g/mol. The van der Waals surface area contributed by atoms with Gasteiger partial charge in [0.05, 0.1) is 38.6 Å². The number of carbonyl (C=O) groups excluding carboxylic acids is 1. The normalized spacial score (nSPS) is 27.9. The lowest BCUT2D eigenvalue weighted by Crippen LogP contribution is -2.66. The molecule has 3 fully saturated rings. The zero-order chi connectivity index (χ0) is 70.4. The number of unbranched alkanes of at least 4 members (excludes halogenated alkanes) is 13. The van der Waals surface area contributed by atoms with Crippen molar-refractivity contribution < 1.29 is 89.4 Å². The van der Waals surface area contributed by atoms with Crippen molar-refractivity contribution in [3.8, 4) is 0 Å². The number of aliphatic hydroxyl groups is 11. The monoisotopic (exact) mass is 1360 g/mol. The summed E-state index contributed by atoms with van der Waals surface area (Å²) in [6.07, 6.45) is 56.6. The van der Waals surface area contributed by atoms with Crippen LogP contribution in [0.25, 0.3) is 0 Å². The Hall–Kier alpha value is -4.59. The fourth-order valence-corrected chi connectivity index (χ4v) is 11.0. The molecule has 3 saturated heterocycles. The minimum absolute atomic E-state index is 0.211. The van der Waals surface area contributed by atoms with Gasteiger partial charge < -0.3 is 89.9 Å². The molecule has 550 valence electrons. The van der Waals surface area contributed by atoms with Crippen LogP contribution in [0, 0.1) is 0 Å². The highest BCUT2D eigenvalue weighted by Crippen LogP contribution is 2.33. The maximum atomic E-state index is 13.4. The van der Waals surface area contributed by atoms with Gasteiger partial charge in [-0.1, -0.05) is 223 Å². The SMILES string of the molecule is CC/C=C\C/C=C\C/C=C\C/C=C\C/C=C\C/C=C\C/C=C\C/C=C\C/C=C\C/C=C\CCCCCCCCCCC(=O)NC(COC1OC(CO)C(OC2OC(CO)C(OC3OC(CO)C(O)C(O)C3O)C(O)C2O)C(O)C1O)C(O)/C=C/CC/C=C/CC/C=C/CCCCC. The molecule has 0 spiro atoms. The number of allylic oxidation sites excluding steroid dienone is 25. The molecule has 0 saturated carbocycles. The summed E-state index contributed by atoms with van der Waals surface area (Å²) in [7, 11) is 0. The third-order valence-electron chi connectivity index (χ3n) is 16.8. The van der Waals surface area contributed by atoms with Gasteiger partial charge in [-0.2, -0.15) is 0 Å². The number of hydrogen-bond acceptors (Lipinski definition) is 18. The Morgan fingerprint density at radius 2 is 0.722 bits per heavy atom. The van der Waals surface area contributed by atoms with Gasteiger partial charge in [-0.05, 0) is 122 Å². The molecule has 19 nitrogen and oxygen atoms in total. The number of nitrogens with one attached hydrogen (secondary N) is 1. The molecular formula is C78H125NO18. The van der Waals surface area contributed by atoms with Crippen LogP contribution in [-0.2, 0) is 33.2 Å². The highest BCUT2D eigenvalue weighted by Gasteiger charge is 2.53. The quantitative estimate of drug-likeness (QED) is 0.0199. The Bertz CT molecular complexity index is 2370. The summed E-state index contributed by atoms with van der Waals surface area (Å²) in [4.78, 5) is 13.4. The van der Waals surface area contributed by atoms with E-state index < -0.39 is 124 Å². The van der Waals surface area contributed by atoms with Gasteiger partial charge in [0, 0.05) is 6.42 Å². The Kier molecular flexibility index (Phi) is 51.0. The summed E-state index contributed by atoms with van der Waals surface area (Å²) < 4.78 is 34.3. The third-order valence-corrected chi connectivity index (χ3v) is 16.8. The van der Waals surface area contributed by atoms with Crippen LogP contribution in [0.1, 0.15) is 194 Å². The topological polar surface area (TPSA) is 307 Å². The van der Waals surface area contributed by atoms with Crippen molar-refractivity contribution in [3.05, 3.63) is 158 Å². The number of aliphatic hydroxyl groups excluding tert-OH is 11. The van der Waals surface area contributed by atoms with Crippen molar-refractivity contribution in [2.45, 2.75) is 298 Å². The van der Waals surface area contributed by atoms with E-state index in [0.29, 0.717) is 12.8 Å². The fourth-order valence-electron chi connectivity index (χ4n) is 11.0. The van der Waals surface area contributed by atoms with Gasteiger partial charge >= 0.3 is 0 Å². The summed E-state index contributed by atoms with van der Waals surface area (Å²) in [5, 5.41) is 120. The molecule has 17 atom stereocenters. The molecule has 3 heterocycles. The summed E-state index contributed by atoms with van der Waals surface area (Å²) in [6, 6.07) is -1.01. The number of ether oxygens (including phenoxy) is 6. The largest absolute Gasteiger partial charge is 0.394 e. The van der Waals surface area contributed by atoms with E-state index in [1.165, 1.54) is 25.7 Å². The van der Waals surface area contributed by atoms with Crippen molar-refractivity contribution in [1.82, 2.24) is 5.32 Å². The fraction of sp³-hybridized carbons (Fsp3) is 0.654. The van der Waals surface area contributed by atoms with Crippen molar-refractivity contribution in [2.75, 3.05) is 26.4 Å². The van der Waals surface area contributed by atoms with Gasteiger partial charge in [-0.15, -0.1) is 0 Å². The van der Waals surface area contributed by atoms with Crippen molar-refractivity contribution >= 4 is 5.91 Å². The zero-order valence-corrected chi connectivity index (χ0v) is 58.2.